The van der Waals surface area contributed by atoms with Crippen molar-refractivity contribution in [2.45, 2.75) is 20.8 Å². The van der Waals surface area contributed by atoms with Crippen molar-refractivity contribution in [2.75, 3.05) is 11.5 Å². The van der Waals surface area contributed by atoms with Crippen molar-refractivity contribution in [1.82, 2.24) is 4.98 Å². The summed E-state index contributed by atoms with van der Waals surface area (Å²) in [6.45, 7) is 5.35. The number of carbonyl (C=O) groups excluding carboxylic acids is 3. The molecule has 0 aliphatic carbocycles. The number of rotatable bonds is 3. The largest absolute Gasteiger partial charge is 0.462 e. The summed E-state index contributed by atoms with van der Waals surface area (Å²) < 4.78 is 5.05. The minimum Gasteiger partial charge on any atom is -0.462 e. The number of carbonyl (C=O) groups is 3. The van der Waals surface area contributed by atoms with Gasteiger partial charge in [-0.3, -0.25) is 9.59 Å². The molecule has 6 nitrogen and oxygen atoms in total. The van der Waals surface area contributed by atoms with Crippen LogP contribution in [0.4, 0.5) is 5.13 Å². The number of esters is 1. The molecule has 2 heterocycles. The number of nitrogens with zero attached hydrogens (tertiary/aromatic N) is 2. The van der Waals surface area contributed by atoms with E-state index < -0.39 is 17.8 Å². The lowest BCUT2D eigenvalue weighted by Gasteiger charge is -2.11. The number of aromatic nitrogens is 1. The molecule has 0 saturated heterocycles. The number of ether oxygens (including phenoxy) is 1. The molecule has 0 saturated carbocycles. The minimum atomic E-state index is -0.488. The summed E-state index contributed by atoms with van der Waals surface area (Å²) in [5.74, 6) is -1.36. The normalized spacial score (nSPS) is 13.4. The molecule has 1 aliphatic rings. The van der Waals surface area contributed by atoms with E-state index in [0.29, 0.717) is 27.4 Å². The summed E-state index contributed by atoms with van der Waals surface area (Å²) >= 11 is 1.21. The van der Waals surface area contributed by atoms with Gasteiger partial charge in [0.25, 0.3) is 11.8 Å². The van der Waals surface area contributed by atoms with Crippen LogP contribution in [0.3, 0.4) is 0 Å². The molecule has 3 rings (SSSR count). The Morgan fingerprint density at radius 3 is 2.65 bits per heavy atom. The van der Waals surface area contributed by atoms with E-state index in [4.69, 9.17) is 4.74 Å². The first kappa shape index (κ1) is 15.4. The molecule has 0 unspecified atom stereocenters. The third-order valence-electron chi connectivity index (χ3n) is 3.72. The van der Waals surface area contributed by atoms with Crippen LogP contribution in [0.1, 0.15) is 49.1 Å². The zero-order chi connectivity index (χ0) is 16.7. The van der Waals surface area contributed by atoms with E-state index in [9.17, 15) is 14.4 Å². The predicted molar refractivity (Wildman–Crippen MR) is 85.1 cm³/mol. The van der Waals surface area contributed by atoms with Gasteiger partial charge in [-0.05, 0) is 38.0 Å². The number of fused-ring (bicyclic) bond motifs is 1. The fourth-order valence-electron chi connectivity index (χ4n) is 2.77. The maximum absolute atomic E-state index is 12.7. The molecule has 0 atom stereocenters. The van der Waals surface area contributed by atoms with Crippen LogP contribution in [-0.2, 0) is 4.74 Å². The molecule has 0 fully saturated rings. The number of imide groups is 1. The molecule has 2 aromatic rings. The average molecular weight is 330 g/mol. The predicted octanol–water partition coefficient (Wildman–Crippen LogP) is 2.74. The fourth-order valence-corrected chi connectivity index (χ4v) is 3.41. The summed E-state index contributed by atoms with van der Waals surface area (Å²) in [4.78, 5) is 42.5. The number of anilines is 1. The highest BCUT2D eigenvalue weighted by Crippen LogP contribution is 2.34. The number of benzene rings is 1. The zero-order valence-corrected chi connectivity index (χ0v) is 13.7. The van der Waals surface area contributed by atoms with Crippen molar-refractivity contribution in [3.05, 3.63) is 45.5 Å². The van der Waals surface area contributed by atoms with Crippen molar-refractivity contribution in [3.8, 4) is 0 Å². The number of hydrogen-bond donors (Lipinski definition) is 0. The summed E-state index contributed by atoms with van der Waals surface area (Å²) in [6.07, 6.45) is 1.53. The Kier molecular flexibility index (Phi) is 3.73. The first-order valence-electron chi connectivity index (χ1n) is 7.07. The van der Waals surface area contributed by atoms with Crippen LogP contribution in [0, 0.1) is 13.8 Å². The van der Waals surface area contributed by atoms with Crippen LogP contribution in [0.2, 0.25) is 0 Å². The van der Waals surface area contributed by atoms with Gasteiger partial charge in [-0.1, -0.05) is 0 Å². The van der Waals surface area contributed by atoms with Gasteiger partial charge < -0.3 is 4.74 Å². The van der Waals surface area contributed by atoms with Gasteiger partial charge >= 0.3 is 5.97 Å². The number of amides is 2. The summed E-state index contributed by atoms with van der Waals surface area (Å²) in [5, 5.41) is 2.02. The molecular formula is C16H14N2O4S. The van der Waals surface area contributed by atoms with E-state index in [1.807, 2.05) is 0 Å². The topological polar surface area (TPSA) is 76.6 Å². The third kappa shape index (κ3) is 2.24. The van der Waals surface area contributed by atoms with Crippen molar-refractivity contribution in [2.24, 2.45) is 0 Å². The first-order chi connectivity index (χ1) is 11.0. The lowest BCUT2D eigenvalue weighted by atomic mass is 9.94. The first-order valence-corrected chi connectivity index (χ1v) is 7.95. The Morgan fingerprint density at radius 2 is 2.04 bits per heavy atom. The van der Waals surface area contributed by atoms with Gasteiger partial charge in [-0.2, -0.15) is 0 Å². The molecular weight excluding hydrogens is 316 g/mol. The summed E-state index contributed by atoms with van der Waals surface area (Å²) in [7, 11) is 0. The number of thiazole rings is 1. The van der Waals surface area contributed by atoms with Crippen molar-refractivity contribution in [3.63, 3.8) is 0 Å². The molecule has 0 spiro atoms. The van der Waals surface area contributed by atoms with Crippen LogP contribution < -0.4 is 4.90 Å². The number of hydrogen-bond acceptors (Lipinski definition) is 6. The van der Waals surface area contributed by atoms with E-state index in [2.05, 4.69) is 4.98 Å². The highest BCUT2D eigenvalue weighted by molar-refractivity contribution is 7.14. The van der Waals surface area contributed by atoms with Gasteiger partial charge in [0, 0.05) is 11.6 Å². The standard InChI is InChI=1S/C16H14N2O4S/c1-4-22-15(21)11-8(2)7-10-12(9(11)3)14(20)18(13(10)19)16-17-5-6-23-16/h5-7H,4H2,1-3H3. The molecule has 1 aliphatic heterocycles. The lowest BCUT2D eigenvalue weighted by molar-refractivity contribution is 0.0524. The Hall–Kier alpha value is -2.54. The van der Waals surface area contributed by atoms with Gasteiger partial charge in [0.1, 0.15) is 0 Å². The van der Waals surface area contributed by atoms with Gasteiger partial charge in [0.05, 0.1) is 23.3 Å². The lowest BCUT2D eigenvalue weighted by Crippen LogP contribution is -2.29. The zero-order valence-electron chi connectivity index (χ0n) is 12.9. The second-order valence-corrected chi connectivity index (χ2v) is 5.97. The van der Waals surface area contributed by atoms with E-state index in [1.54, 1.807) is 32.2 Å². The maximum atomic E-state index is 12.7. The molecule has 2 amide bonds. The second kappa shape index (κ2) is 5.58. The Morgan fingerprint density at radius 1 is 1.30 bits per heavy atom. The second-order valence-electron chi connectivity index (χ2n) is 5.10. The van der Waals surface area contributed by atoms with E-state index in [-0.39, 0.29) is 12.2 Å². The fraction of sp³-hybridized carbons (Fsp3) is 0.250. The quantitative estimate of drug-likeness (QED) is 0.639. The van der Waals surface area contributed by atoms with E-state index in [1.165, 1.54) is 17.5 Å². The molecule has 0 N–H and O–H groups in total. The van der Waals surface area contributed by atoms with Gasteiger partial charge in [0.2, 0.25) is 0 Å². The highest BCUT2D eigenvalue weighted by Gasteiger charge is 2.41. The molecule has 0 bridgehead atoms. The van der Waals surface area contributed by atoms with Crippen LogP contribution in [-0.4, -0.2) is 29.4 Å². The molecule has 1 aromatic carbocycles. The number of aryl methyl sites for hydroxylation is 1. The average Bonchev–Trinajstić information content (AvgIpc) is 3.07. The van der Waals surface area contributed by atoms with Gasteiger partial charge in [-0.25, -0.2) is 14.7 Å². The SMILES string of the molecule is CCOC(=O)c1c(C)cc2c(c1C)C(=O)N(c1nccs1)C2=O. The minimum absolute atomic E-state index is 0.243. The van der Waals surface area contributed by atoms with Gasteiger partial charge in [0.15, 0.2) is 5.13 Å². The Labute approximate surface area is 136 Å². The summed E-state index contributed by atoms with van der Waals surface area (Å²) in [5.41, 5.74) is 1.97. The monoisotopic (exact) mass is 330 g/mol. The molecule has 0 radical (unpaired) electrons. The van der Waals surface area contributed by atoms with Crippen molar-refractivity contribution < 1.29 is 19.1 Å². The van der Waals surface area contributed by atoms with Crippen LogP contribution >= 0.6 is 11.3 Å². The Bertz CT molecular complexity index is 827. The van der Waals surface area contributed by atoms with Gasteiger partial charge in [-0.15, -0.1) is 11.3 Å². The molecule has 7 heteroatoms. The Balaban J connectivity index is 2.16. The molecule has 1 aromatic heterocycles. The van der Waals surface area contributed by atoms with E-state index in [0.717, 1.165) is 4.90 Å². The van der Waals surface area contributed by atoms with E-state index >= 15 is 0 Å². The van der Waals surface area contributed by atoms with Crippen LogP contribution in [0.25, 0.3) is 0 Å². The van der Waals surface area contributed by atoms with Crippen molar-refractivity contribution >= 4 is 34.3 Å². The third-order valence-corrected chi connectivity index (χ3v) is 4.47. The van der Waals surface area contributed by atoms with Crippen molar-refractivity contribution in [1.29, 1.82) is 0 Å². The van der Waals surface area contributed by atoms with Crippen LogP contribution in [0.5, 0.6) is 0 Å². The van der Waals surface area contributed by atoms with Crippen LogP contribution in [0.15, 0.2) is 17.6 Å². The highest BCUT2D eigenvalue weighted by atomic mass is 32.1. The maximum Gasteiger partial charge on any atom is 0.338 e. The summed E-state index contributed by atoms with van der Waals surface area (Å²) in [6, 6.07) is 1.57. The smallest absolute Gasteiger partial charge is 0.338 e. The molecule has 23 heavy (non-hydrogen) atoms. The molecule has 118 valence electrons.